The molecule has 1 N–H and O–H groups in total. The van der Waals surface area contributed by atoms with Crippen LogP contribution in [0.2, 0.25) is 0 Å². The van der Waals surface area contributed by atoms with E-state index in [-0.39, 0.29) is 12.2 Å². The second kappa shape index (κ2) is 5.62. The van der Waals surface area contributed by atoms with Gasteiger partial charge in [-0.1, -0.05) is 26.8 Å². The van der Waals surface area contributed by atoms with Gasteiger partial charge in [0.1, 0.15) is 0 Å². The van der Waals surface area contributed by atoms with E-state index in [4.69, 9.17) is 9.47 Å². The van der Waals surface area contributed by atoms with Crippen LogP contribution >= 0.6 is 0 Å². The highest BCUT2D eigenvalue weighted by Gasteiger charge is 2.26. The van der Waals surface area contributed by atoms with E-state index in [0.717, 1.165) is 11.3 Å². The largest absolute Gasteiger partial charge is 0.454 e. The van der Waals surface area contributed by atoms with Gasteiger partial charge < -0.3 is 19.5 Å². The van der Waals surface area contributed by atoms with Crippen molar-refractivity contribution in [1.29, 1.82) is 0 Å². The van der Waals surface area contributed by atoms with Crippen LogP contribution in [0.5, 0.6) is 11.5 Å². The summed E-state index contributed by atoms with van der Waals surface area (Å²) >= 11 is 0. The van der Waals surface area contributed by atoms with Crippen LogP contribution in [-0.2, 0) is 0 Å². The lowest BCUT2D eigenvalue weighted by Gasteiger charge is -2.36. The van der Waals surface area contributed by atoms with Gasteiger partial charge in [-0.3, -0.25) is 0 Å². The Balaban J connectivity index is 2.03. The van der Waals surface area contributed by atoms with E-state index in [9.17, 15) is 5.11 Å². The molecule has 0 fully saturated rings. The highest BCUT2D eigenvalue weighted by molar-refractivity contribution is 5.45. The first-order valence-electron chi connectivity index (χ1n) is 7.07. The molecule has 2 rings (SSSR count). The van der Waals surface area contributed by atoms with E-state index in [2.05, 4.69) is 32.6 Å². The van der Waals surface area contributed by atoms with Gasteiger partial charge in [0.2, 0.25) is 6.79 Å². The average Bonchev–Trinajstić information content (AvgIpc) is 2.83. The molecule has 0 saturated carbocycles. The molecule has 0 saturated heterocycles. The lowest BCUT2D eigenvalue weighted by molar-refractivity contribution is 0.0714. The fraction of sp³-hybridized carbons (Fsp3) is 0.625. The van der Waals surface area contributed by atoms with Gasteiger partial charge in [-0.25, -0.2) is 0 Å². The van der Waals surface area contributed by atoms with Crippen molar-refractivity contribution in [2.75, 3.05) is 20.4 Å². The second-order valence-electron chi connectivity index (χ2n) is 6.61. The Morgan fingerprint density at radius 2 is 1.90 bits per heavy atom. The van der Waals surface area contributed by atoms with Crippen molar-refractivity contribution < 1.29 is 14.6 Å². The number of rotatable bonds is 4. The molecule has 2 unspecified atom stereocenters. The third kappa shape index (κ3) is 3.25. The molecule has 4 nitrogen and oxygen atoms in total. The number of aliphatic hydroxyl groups excluding tert-OH is 1. The predicted molar refractivity (Wildman–Crippen MR) is 79.1 cm³/mol. The van der Waals surface area contributed by atoms with Gasteiger partial charge in [0.25, 0.3) is 0 Å². The van der Waals surface area contributed by atoms with Crippen molar-refractivity contribution in [3.8, 4) is 11.5 Å². The molecule has 1 aromatic carbocycles. The lowest BCUT2D eigenvalue weighted by atomic mass is 9.87. The molecule has 1 aliphatic rings. The Kier molecular flexibility index (Phi) is 4.25. The number of fused-ring (bicyclic) bond motifs is 1. The zero-order valence-corrected chi connectivity index (χ0v) is 13.0. The van der Waals surface area contributed by atoms with Gasteiger partial charge in [0.15, 0.2) is 11.5 Å². The highest BCUT2D eigenvalue weighted by atomic mass is 16.7. The molecule has 2 atom stereocenters. The van der Waals surface area contributed by atoms with Crippen molar-refractivity contribution in [2.24, 2.45) is 5.41 Å². The molecule has 0 aromatic heterocycles. The SMILES string of the molecule is CC(N(C)CC(O)c1ccc2c(c1)OCO2)C(C)(C)C. The molecule has 1 aliphatic heterocycles. The molecule has 0 bridgehead atoms. The van der Waals surface area contributed by atoms with Gasteiger partial charge >= 0.3 is 0 Å². The van der Waals surface area contributed by atoms with Crippen LogP contribution in [0, 0.1) is 5.41 Å². The summed E-state index contributed by atoms with van der Waals surface area (Å²) in [5, 5.41) is 10.4. The third-order valence-electron chi connectivity index (χ3n) is 4.16. The van der Waals surface area contributed by atoms with Crippen molar-refractivity contribution in [3.05, 3.63) is 23.8 Å². The Hall–Kier alpha value is -1.26. The van der Waals surface area contributed by atoms with Crippen molar-refractivity contribution in [2.45, 2.75) is 39.8 Å². The Labute approximate surface area is 121 Å². The van der Waals surface area contributed by atoms with Crippen LogP contribution in [-0.4, -0.2) is 36.4 Å². The molecule has 1 heterocycles. The first-order chi connectivity index (χ1) is 9.29. The highest BCUT2D eigenvalue weighted by Crippen LogP contribution is 2.34. The third-order valence-corrected chi connectivity index (χ3v) is 4.16. The minimum Gasteiger partial charge on any atom is -0.454 e. The molecule has 0 spiro atoms. The van der Waals surface area contributed by atoms with Crippen LogP contribution < -0.4 is 9.47 Å². The number of benzene rings is 1. The summed E-state index contributed by atoms with van der Waals surface area (Å²) in [7, 11) is 2.05. The van der Waals surface area contributed by atoms with Gasteiger partial charge in [-0.15, -0.1) is 0 Å². The minimum absolute atomic E-state index is 0.184. The maximum Gasteiger partial charge on any atom is 0.231 e. The normalized spacial score (nSPS) is 17.4. The molecule has 1 aromatic rings. The average molecular weight is 279 g/mol. The molecular weight excluding hydrogens is 254 g/mol. The maximum absolute atomic E-state index is 10.4. The fourth-order valence-electron chi connectivity index (χ4n) is 2.32. The Bertz CT molecular complexity index is 467. The smallest absolute Gasteiger partial charge is 0.231 e. The minimum atomic E-state index is -0.528. The number of hydrogen-bond donors (Lipinski definition) is 1. The first kappa shape index (κ1) is 15.1. The zero-order valence-electron chi connectivity index (χ0n) is 13.0. The summed E-state index contributed by atoms with van der Waals surface area (Å²) in [6, 6.07) is 6.00. The Morgan fingerprint density at radius 1 is 1.25 bits per heavy atom. The van der Waals surface area contributed by atoms with E-state index in [1.165, 1.54) is 0 Å². The molecule has 0 aliphatic carbocycles. The van der Waals surface area contributed by atoms with Gasteiger partial charge in [0.05, 0.1) is 6.10 Å². The van der Waals surface area contributed by atoms with Crippen LogP contribution in [0.3, 0.4) is 0 Å². The van der Waals surface area contributed by atoms with Crippen molar-refractivity contribution >= 4 is 0 Å². The summed E-state index contributed by atoms with van der Waals surface area (Å²) in [6.45, 7) is 9.67. The van der Waals surface area contributed by atoms with Crippen molar-refractivity contribution in [1.82, 2.24) is 4.90 Å². The second-order valence-corrected chi connectivity index (χ2v) is 6.61. The predicted octanol–water partition coefficient (Wildman–Crippen LogP) is 2.82. The Morgan fingerprint density at radius 3 is 2.55 bits per heavy atom. The van der Waals surface area contributed by atoms with E-state index in [1.807, 2.05) is 25.2 Å². The van der Waals surface area contributed by atoms with Crippen LogP contribution in [0.4, 0.5) is 0 Å². The van der Waals surface area contributed by atoms with Gasteiger partial charge in [0, 0.05) is 12.6 Å². The quantitative estimate of drug-likeness (QED) is 0.920. The fourth-order valence-corrected chi connectivity index (χ4v) is 2.32. The topological polar surface area (TPSA) is 41.9 Å². The maximum atomic E-state index is 10.4. The van der Waals surface area contributed by atoms with E-state index in [0.29, 0.717) is 18.3 Å². The van der Waals surface area contributed by atoms with Crippen molar-refractivity contribution in [3.63, 3.8) is 0 Å². The first-order valence-corrected chi connectivity index (χ1v) is 7.07. The lowest BCUT2D eigenvalue weighted by Crippen LogP contribution is -2.41. The summed E-state index contributed by atoms with van der Waals surface area (Å²) in [5.41, 5.74) is 1.05. The van der Waals surface area contributed by atoms with Crippen LogP contribution in [0.1, 0.15) is 39.4 Å². The number of hydrogen-bond acceptors (Lipinski definition) is 4. The van der Waals surface area contributed by atoms with E-state index < -0.39 is 6.10 Å². The molecule has 112 valence electrons. The van der Waals surface area contributed by atoms with Gasteiger partial charge in [-0.2, -0.15) is 0 Å². The monoisotopic (exact) mass is 279 g/mol. The molecule has 4 heteroatoms. The summed E-state index contributed by atoms with van der Waals surface area (Å²) in [6.07, 6.45) is -0.528. The number of ether oxygens (including phenoxy) is 2. The number of aliphatic hydroxyl groups is 1. The summed E-state index contributed by atoms with van der Waals surface area (Å²) in [4.78, 5) is 2.19. The molecule has 0 amide bonds. The molecular formula is C16H25NO3. The van der Waals surface area contributed by atoms with Gasteiger partial charge in [-0.05, 0) is 37.1 Å². The van der Waals surface area contributed by atoms with Crippen LogP contribution in [0.25, 0.3) is 0 Å². The number of likely N-dealkylation sites (N-methyl/N-ethyl adjacent to an activating group) is 1. The van der Waals surface area contributed by atoms with E-state index in [1.54, 1.807) is 0 Å². The summed E-state index contributed by atoms with van der Waals surface area (Å²) in [5.74, 6) is 1.46. The molecule has 0 radical (unpaired) electrons. The van der Waals surface area contributed by atoms with E-state index >= 15 is 0 Å². The summed E-state index contributed by atoms with van der Waals surface area (Å²) < 4.78 is 10.6. The van der Waals surface area contributed by atoms with Crippen LogP contribution in [0.15, 0.2) is 18.2 Å². The number of nitrogens with zero attached hydrogens (tertiary/aromatic N) is 1. The zero-order chi connectivity index (χ0) is 14.9. The standard InChI is InChI=1S/C16H25NO3/c1-11(16(2,3)4)17(5)9-13(18)12-6-7-14-15(8-12)20-10-19-14/h6-8,11,13,18H,9-10H2,1-5H3. The molecule has 20 heavy (non-hydrogen) atoms.